The average Bonchev–Trinajstić information content (AvgIpc) is 3.16. The van der Waals surface area contributed by atoms with Gasteiger partial charge in [-0.05, 0) is 79.2 Å². The highest BCUT2D eigenvalue weighted by molar-refractivity contribution is 6.33. The van der Waals surface area contributed by atoms with Gasteiger partial charge in [-0.15, -0.1) is 0 Å². The highest BCUT2D eigenvalue weighted by atomic mass is 16.6. The first-order valence-electron chi connectivity index (χ1n) is 10.3. The van der Waals surface area contributed by atoms with E-state index in [-0.39, 0.29) is 17.3 Å². The first kappa shape index (κ1) is 21.8. The number of hydrogen-bond acceptors (Lipinski definition) is 6. The smallest absolute Gasteiger partial charge is 0.282 e. The maximum Gasteiger partial charge on any atom is 0.282 e. The van der Waals surface area contributed by atoms with E-state index in [4.69, 9.17) is 9.47 Å². The van der Waals surface area contributed by atoms with Gasteiger partial charge in [-0.1, -0.05) is 0 Å². The number of methoxy groups -OCH3 is 1. The SMILES string of the molecule is CCOc1ccc(N2C(=O)/C(=C\c3ccc([N+](=O)[O-])cc3)N=C2c2ccc(OC)cc2)cc1. The van der Waals surface area contributed by atoms with E-state index in [2.05, 4.69) is 4.99 Å². The van der Waals surface area contributed by atoms with E-state index in [0.29, 0.717) is 35.2 Å². The predicted molar refractivity (Wildman–Crippen MR) is 126 cm³/mol. The Kier molecular flexibility index (Phi) is 6.17. The van der Waals surface area contributed by atoms with Gasteiger partial charge in [0.2, 0.25) is 0 Å². The predicted octanol–water partition coefficient (Wildman–Crippen LogP) is 4.84. The Balaban J connectivity index is 1.74. The molecule has 0 bridgehead atoms. The van der Waals surface area contributed by atoms with Crippen molar-refractivity contribution < 1.29 is 19.2 Å². The summed E-state index contributed by atoms with van der Waals surface area (Å²) in [6, 6.07) is 20.4. The van der Waals surface area contributed by atoms with E-state index >= 15 is 0 Å². The van der Waals surface area contributed by atoms with Crippen LogP contribution in [-0.2, 0) is 4.79 Å². The van der Waals surface area contributed by atoms with Gasteiger partial charge in [0.15, 0.2) is 0 Å². The lowest BCUT2D eigenvalue weighted by Crippen LogP contribution is -2.32. The molecule has 0 aromatic heterocycles. The number of nitro groups is 1. The van der Waals surface area contributed by atoms with Crippen LogP contribution in [-0.4, -0.2) is 30.4 Å². The summed E-state index contributed by atoms with van der Waals surface area (Å²) in [6.07, 6.45) is 1.62. The largest absolute Gasteiger partial charge is 0.497 e. The standard InChI is InChI=1S/C25H21N3O5/c1-3-33-22-14-10-19(11-15-22)27-24(18-6-12-21(32-2)13-7-18)26-23(25(27)29)16-17-4-8-20(9-5-17)28(30)31/h4-16H,3H2,1-2H3/b23-16+. The van der Waals surface area contributed by atoms with Crippen LogP contribution in [0.3, 0.4) is 0 Å². The van der Waals surface area contributed by atoms with Gasteiger partial charge < -0.3 is 9.47 Å². The van der Waals surface area contributed by atoms with Gasteiger partial charge in [0, 0.05) is 17.7 Å². The number of hydrogen-bond donors (Lipinski definition) is 0. The molecular formula is C25H21N3O5. The number of amidine groups is 1. The molecule has 0 unspecified atom stereocenters. The highest BCUT2D eigenvalue weighted by Gasteiger charge is 2.32. The molecule has 1 amide bonds. The third kappa shape index (κ3) is 4.59. The molecule has 8 nitrogen and oxygen atoms in total. The van der Waals surface area contributed by atoms with Crippen molar-refractivity contribution in [2.75, 3.05) is 18.6 Å². The summed E-state index contributed by atoms with van der Waals surface area (Å²) in [5, 5.41) is 10.9. The van der Waals surface area contributed by atoms with E-state index < -0.39 is 4.92 Å². The van der Waals surface area contributed by atoms with Crippen molar-refractivity contribution in [1.29, 1.82) is 0 Å². The first-order valence-corrected chi connectivity index (χ1v) is 10.3. The molecule has 0 atom stereocenters. The summed E-state index contributed by atoms with van der Waals surface area (Å²) < 4.78 is 10.7. The van der Waals surface area contributed by atoms with Crippen molar-refractivity contribution in [2.45, 2.75) is 6.92 Å². The van der Waals surface area contributed by atoms with Crippen LogP contribution in [0, 0.1) is 10.1 Å². The summed E-state index contributed by atoms with van der Waals surface area (Å²) in [4.78, 5) is 30.0. The number of nitro benzene ring substituents is 1. The monoisotopic (exact) mass is 443 g/mol. The molecule has 33 heavy (non-hydrogen) atoms. The van der Waals surface area contributed by atoms with Crippen molar-refractivity contribution in [3.05, 3.63) is 99.7 Å². The molecule has 1 heterocycles. The molecule has 1 aliphatic rings. The van der Waals surface area contributed by atoms with Crippen molar-refractivity contribution in [2.24, 2.45) is 4.99 Å². The lowest BCUT2D eigenvalue weighted by atomic mass is 10.1. The Hall–Kier alpha value is -4.46. The van der Waals surface area contributed by atoms with E-state index in [1.165, 1.54) is 17.0 Å². The van der Waals surface area contributed by atoms with Crippen molar-refractivity contribution in [1.82, 2.24) is 0 Å². The van der Waals surface area contributed by atoms with Crippen LogP contribution in [0.1, 0.15) is 18.1 Å². The van der Waals surface area contributed by atoms with E-state index in [1.807, 2.05) is 19.1 Å². The molecule has 1 aliphatic heterocycles. The van der Waals surface area contributed by atoms with Gasteiger partial charge in [0.05, 0.1) is 24.3 Å². The minimum absolute atomic E-state index is 0.0201. The minimum Gasteiger partial charge on any atom is -0.497 e. The van der Waals surface area contributed by atoms with Crippen LogP contribution in [0.2, 0.25) is 0 Å². The molecule has 0 fully saturated rings. The van der Waals surface area contributed by atoms with Gasteiger partial charge in [-0.3, -0.25) is 19.8 Å². The number of carbonyl (C=O) groups excluding carboxylic acids is 1. The number of amides is 1. The zero-order valence-electron chi connectivity index (χ0n) is 18.1. The van der Waals surface area contributed by atoms with Crippen molar-refractivity contribution in [3.63, 3.8) is 0 Å². The maximum absolute atomic E-state index is 13.4. The average molecular weight is 443 g/mol. The minimum atomic E-state index is -0.467. The molecule has 0 saturated heterocycles. The van der Waals surface area contributed by atoms with Gasteiger partial charge in [0.1, 0.15) is 23.0 Å². The Morgan fingerprint density at radius 3 is 2.18 bits per heavy atom. The first-order chi connectivity index (χ1) is 16.0. The van der Waals surface area contributed by atoms with E-state index in [0.717, 1.165) is 5.56 Å². The normalized spacial score (nSPS) is 14.4. The fourth-order valence-electron chi connectivity index (χ4n) is 3.40. The van der Waals surface area contributed by atoms with Crippen LogP contribution in [0.5, 0.6) is 11.5 Å². The molecule has 0 radical (unpaired) electrons. The maximum atomic E-state index is 13.4. The molecule has 0 saturated carbocycles. The van der Waals surface area contributed by atoms with Gasteiger partial charge in [-0.25, -0.2) is 4.99 Å². The summed E-state index contributed by atoms with van der Waals surface area (Å²) >= 11 is 0. The Morgan fingerprint density at radius 2 is 1.61 bits per heavy atom. The molecule has 4 rings (SSSR count). The van der Waals surface area contributed by atoms with Gasteiger partial charge >= 0.3 is 0 Å². The van der Waals surface area contributed by atoms with Crippen LogP contribution in [0.4, 0.5) is 11.4 Å². The van der Waals surface area contributed by atoms with Crippen molar-refractivity contribution >= 4 is 29.2 Å². The lowest BCUT2D eigenvalue weighted by molar-refractivity contribution is -0.384. The van der Waals surface area contributed by atoms with Gasteiger partial charge in [0.25, 0.3) is 11.6 Å². The third-order valence-electron chi connectivity index (χ3n) is 5.02. The third-order valence-corrected chi connectivity index (χ3v) is 5.02. The zero-order valence-corrected chi connectivity index (χ0v) is 18.1. The second-order valence-electron chi connectivity index (χ2n) is 7.11. The molecular weight excluding hydrogens is 422 g/mol. The fourth-order valence-corrected chi connectivity index (χ4v) is 3.40. The van der Waals surface area contributed by atoms with Crippen molar-refractivity contribution in [3.8, 4) is 11.5 Å². The lowest BCUT2D eigenvalue weighted by Gasteiger charge is -2.19. The van der Waals surface area contributed by atoms with E-state index in [1.54, 1.807) is 61.7 Å². The number of benzene rings is 3. The number of aliphatic imine (C=N–C) groups is 1. The summed E-state index contributed by atoms with van der Waals surface area (Å²) in [5.74, 6) is 1.57. The topological polar surface area (TPSA) is 94.3 Å². The number of ether oxygens (including phenoxy) is 2. The second-order valence-corrected chi connectivity index (χ2v) is 7.11. The quantitative estimate of drug-likeness (QED) is 0.296. The Labute approximate surface area is 190 Å². The van der Waals surface area contributed by atoms with Crippen LogP contribution < -0.4 is 14.4 Å². The number of non-ortho nitro benzene ring substituents is 1. The molecule has 166 valence electrons. The fraction of sp³-hybridized carbons (Fsp3) is 0.120. The van der Waals surface area contributed by atoms with Crippen LogP contribution in [0.25, 0.3) is 6.08 Å². The number of rotatable bonds is 7. The number of nitrogens with zero attached hydrogens (tertiary/aromatic N) is 3. The summed E-state index contributed by atoms with van der Waals surface area (Å²) in [5.41, 5.74) is 2.22. The van der Waals surface area contributed by atoms with Crippen LogP contribution >= 0.6 is 0 Å². The number of anilines is 1. The van der Waals surface area contributed by atoms with Crippen LogP contribution in [0.15, 0.2) is 83.5 Å². The Bertz CT molecular complexity index is 1230. The van der Waals surface area contributed by atoms with E-state index in [9.17, 15) is 14.9 Å². The second kappa shape index (κ2) is 9.35. The number of carbonyl (C=O) groups is 1. The highest BCUT2D eigenvalue weighted by Crippen LogP contribution is 2.30. The zero-order chi connectivity index (χ0) is 23.4. The summed E-state index contributed by atoms with van der Waals surface area (Å²) in [6.45, 7) is 2.45. The summed E-state index contributed by atoms with van der Waals surface area (Å²) in [7, 11) is 1.59. The molecule has 3 aromatic carbocycles. The van der Waals surface area contributed by atoms with Gasteiger partial charge in [-0.2, -0.15) is 0 Å². The molecule has 0 aliphatic carbocycles. The molecule has 8 heteroatoms. The Morgan fingerprint density at radius 1 is 0.970 bits per heavy atom. The molecule has 3 aromatic rings. The molecule has 0 N–H and O–H groups in total. The molecule has 0 spiro atoms.